The standard InChI is InChI=1S/C16H16F2N2O3S/c1-3-22-13-8-11(4-6-12(13)23-15(17)18)5-7-14(21)20-16-19-9-10(2)24-16/h4-9,15H,3H2,1-2H3,(H,19,20,21)/b7-5+. The molecular formula is C16H16F2N2O3S. The number of alkyl halides is 2. The number of carbonyl (C=O) groups is 1. The molecule has 0 saturated heterocycles. The summed E-state index contributed by atoms with van der Waals surface area (Å²) in [6.07, 6.45) is 4.54. The highest BCUT2D eigenvalue weighted by atomic mass is 32.1. The summed E-state index contributed by atoms with van der Waals surface area (Å²) in [5, 5.41) is 3.15. The van der Waals surface area contributed by atoms with Gasteiger partial charge in [0.25, 0.3) is 0 Å². The lowest BCUT2D eigenvalue weighted by atomic mass is 10.2. The van der Waals surface area contributed by atoms with Crippen LogP contribution in [0.15, 0.2) is 30.5 Å². The number of hydrogen-bond acceptors (Lipinski definition) is 5. The number of nitrogens with zero attached hydrogens (tertiary/aromatic N) is 1. The first-order valence-corrected chi connectivity index (χ1v) is 7.92. The Hall–Kier alpha value is -2.48. The maximum absolute atomic E-state index is 12.4. The van der Waals surface area contributed by atoms with Crippen LogP contribution in [0.25, 0.3) is 6.08 Å². The van der Waals surface area contributed by atoms with Gasteiger partial charge in [-0.1, -0.05) is 6.07 Å². The molecule has 0 atom stereocenters. The van der Waals surface area contributed by atoms with Crippen molar-refractivity contribution in [2.45, 2.75) is 20.5 Å². The lowest BCUT2D eigenvalue weighted by molar-refractivity contribution is -0.111. The summed E-state index contributed by atoms with van der Waals surface area (Å²) >= 11 is 1.37. The average Bonchev–Trinajstić information content (AvgIpc) is 2.92. The van der Waals surface area contributed by atoms with E-state index in [0.29, 0.717) is 17.3 Å². The molecule has 2 aromatic rings. The first-order chi connectivity index (χ1) is 11.5. The average molecular weight is 354 g/mol. The van der Waals surface area contributed by atoms with Gasteiger partial charge >= 0.3 is 6.61 Å². The first kappa shape index (κ1) is 17.9. The lowest BCUT2D eigenvalue weighted by Gasteiger charge is -2.11. The quantitative estimate of drug-likeness (QED) is 0.761. The lowest BCUT2D eigenvalue weighted by Crippen LogP contribution is -2.07. The second-order valence-electron chi connectivity index (χ2n) is 4.62. The van der Waals surface area contributed by atoms with Gasteiger partial charge in [-0.3, -0.25) is 10.1 Å². The van der Waals surface area contributed by atoms with Gasteiger partial charge in [-0.15, -0.1) is 11.3 Å². The van der Waals surface area contributed by atoms with Crippen molar-refractivity contribution in [3.8, 4) is 11.5 Å². The van der Waals surface area contributed by atoms with Gasteiger partial charge < -0.3 is 9.47 Å². The zero-order valence-electron chi connectivity index (χ0n) is 13.1. The minimum Gasteiger partial charge on any atom is -0.490 e. The van der Waals surface area contributed by atoms with Crippen molar-refractivity contribution in [2.24, 2.45) is 0 Å². The summed E-state index contributed by atoms with van der Waals surface area (Å²) in [7, 11) is 0. The fraction of sp³-hybridized carbons (Fsp3) is 0.250. The molecule has 0 radical (unpaired) electrons. The van der Waals surface area contributed by atoms with E-state index in [-0.39, 0.29) is 17.4 Å². The molecule has 1 aromatic carbocycles. The molecule has 2 rings (SSSR count). The Morgan fingerprint density at radius 3 is 2.83 bits per heavy atom. The summed E-state index contributed by atoms with van der Waals surface area (Å²) in [5.41, 5.74) is 0.616. The van der Waals surface area contributed by atoms with Crippen molar-refractivity contribution in [3.05, 3.63) is 40.9 Å². The van der Waals surface area contributed by atoms with Crippen LogP contribution in [0.2, 0.25) is 0 Å². The van der Waals surface area contributed by atoms with Crippen LogP contribution in [0, 0.1) is 6.92 Å². The largest absolute Gasteiger partial charge is 0.490 e. The molecule has 0 spiro atoms. The molecule has 128 valence electrons. The number of hydrogen-bond donors (Lipinski definition) is 1. The van der Waals surface area contributed by atoms with Crippen molar-refractivity contribution in [2.75, 3.05) is 11.9 Å². The van der Waals surface area contributed by atoms with Crippen molar-refractivity contribution >= 4 is 28.5 Å². The predicted molar refractivity (Wildman–Crippen MR) is 88.8 cm³/mol. The van der Waals surface area contributed by atoms with E-state index >= 15 is 0 Å². The summed E-state index contributed by atoms with van der Waals surface area (Å²) in [4.78, 5) is 16.9. The number of ether oxygens (including phenoxy) is 2. The summed E-state index contributed by atoms with van der Waals surface area (Å²) < 4.78 is 34.4. The van der Waals surface area contributed by atoms with Gasteiger partial charge in [-0.25, -0.2) is 4.98 Å². The summed E-state index contributed by atoms with van der Waals surface area (Å²) in [6.45, 7) is 0.995. The number of anilines is 1. The smallest absolute Gasteiger partial charge is 0.387 e. The van der Waals surface area contributed by atoms with Gasteiger partial charge in [0, 0.05) is 17.2 Å². The Balaban J connectivity index is 2.07. The van der Waals surface area contributed by atoms with E-state index in [1.807, 2.05) is 6.92 Å². The Bertz CT molecular complexity index is 732. The maximum Gasteiger partial charge on any atom is 0.387 e. The molecule has 1 aromatic heterocycles. The fourth-order valence-electron chi connectivity index (χ4n) is 1.82. The van der Waals surface area contributed by atoms with Crippen LogP contribution in [-0.2, 0) is 4.79 Å². The van der Waals surface area contributed by atoms with Crippen LogP contribution in [0.4, 0.5) is 13.9 Å². The van der Waals surface area contributed by atoms with Gasteiger partial charge in [-0.2, -0.15) is 8.78 Å². The number of benzene rings is 1. The zero-order valence-corrected chi connectivity index (χ0v) is 13.9. The van der Waals surface area contributed by atoms with Gasteiger partial charge in [-0.05, 0) is 37.6 Å². The molecule has 1 heterocycles. The number of thiazole rings is 1. The maximum atomic E-state index is 12.4. The monoisotopic (exact) mass is 354 g/mol. The molecule has 0 bridgehead atoms. The number of aryl methyl sites for hydroxylation is 1. The van der Waals surface area contributed by atoms with Crippen LogP contribution in [0.3, 0.4) is 0 Å². The zero-order chi connectivity index (χ0) is 17.5. The van der Waals surface area contributed by atoms with Gasteiger partial charge in [0.2, 0.25) is 5.91 Å². The molecule has 0 aliphatic heterocycles. The van der Waals surface area contributed by atoms with Crippen LogP contribution in [0.5, 0.6) is 11.5 Å². The second-order valence-corrected chi connectivity index (χ2v) is 5.85. The molecule has 8 heteroatoms. The highest BCUT2D eigenvalue weighted by Crippen LogP contribution is 2.30. The number of amides is 1. The number of aromatic nitrogens is 1. The number of rotatable bonds is 7. The van der Waals surface area contributed by atoms with Crippen LogP contribution < -0.4 is 14.8 Å². The summed E-state index contributed by atoms with van der Waals surface area (Å²) in [5.74, 6) is -0.196. The molecule has 1 N–H and O–H groups in total. The summed E-state index contributed by atoms with van der Waals surface area (Å²) in [6, 6.07) is 4.45. The SMILES string of the molecule is CCOc1cc(/C=C/C(=O)Nc2ncc(C)s2)ccc1OC(F)F. The Labute approximate surface area is 141 Å². The van der Waals surface area contributed by atoms with E-state index in [1.54, 1.807) is 25.3 Å². The second kappa shape index (κ2) is 8.39. The van der Waals surface area contributed by atoms with Crippen molar-refractivity contribution in [1.82, 2.24) is 4.98 Å². The van der Waals surface area contributed by atoms with Crippen LogP contribution >= 0.6 is 11.3 Å². The normalized spacial score (nSPS) is 11.0. The third kappa shape index (κ3) is 5.31. The molecule has 0 aliphatic carbocycles. The number of nitrogens with one attached hydrogen (secondary N) is 1. The van der Waals surface area contributed by atoms with Crippen LogP contribution in [-0.4, -0.2) is 24.1 Å². The topological polar surface area (TPSA) is 60.5 Å². The minimum atomic E-state index is -2.93. The van der Waals surface area contributed by atoms with E-state index in [2.05, 4.69) is 15.0 Å². The van der Waals surface area contributed by atoms with Crippen molar-refractivity contribution < 1.29 is 23.0 Å². The van der Waals surface area contributed by atoms with Gasteiger partial charge in [0.15, 0.2) is 16.6 Å². The van der Waals surface area contributed by atoms with Crippen molar-refractivity contribution in [3.63, 3.8) is 0 Å². The highest BCUT2D eigenvalue weighted by Gasteiger charge is 2.11. The molecule has 24 heavy (non-hydrogen) atoms. The van der Waals surface area contributed by atoms with Gasteiger partial charge in [0.05, 0.1) is 6.61 Å². The minimum absolute atomic E-state index is 0.0493. The molecule has 0 fully saturated rings. The molecular weight excluding hydrogens is 338 g/mol. The van der Waals surface area contributed by atoms with Gasteiger partial charge in [0.1, 0.15) is 0 Å². The van der Waals surface area contributed by atoms with E-state index in [1.165, 1.54) is 29.5 Å². The Morgan fingerprint density at radius 1 is 1.42 bits per heavy atom. The molecule has 5 nitrogen and oxygen atoms in total. The fourth-order valence-corrected chi connectivity index (χ4v) is 2.49. The van der Waals surface area contributed by atoms with Crippen LogP contribution in [0.1, 0.15) is 17.4 Å². The number of halogens is 2. The molecule has 1 amide bonds. The van der Waals surface area contributed by atoms with E-state index in [9.17, 15) is 13.6 Å². The third-order valence-electron chi connectivity index (χ3n) is 2.76. The van der Waals surface area contributed by atoms with E-state index in [4.69, 9.17) is 4.74 Å². The Morgan fingerprint density at radius 2 is 2.21 bits per heavy atom. The highest BCUT2D eigenvalue weighted by molar-refractivity contribution is 7.15. The predicted octanol–water partition coefficient (Wildman–Crippen LogP) is 4.10. The van der Waals surface area contributed by atoms with Crippen molar-refractivity contribution in [1.29, 1.82) is 0 Å². The molecule has 0 saturated carbocycles. The number of carbonyl (C=O) groups excluding carboxylic acids is 1. The third-order valence-corrected chi connectivity index (χ3v) is 3.59. The first-order valence-electron chi connectivity index (χ1n) is 7.11. The van der Waals surface area contributed by atoms with E-state index in [0.717, 1.165) is 4.88 Å². The molecule has 0 unspecified atom stereocenters. The Kier molecular flexibility index (Phi) is 6.25. The molecule has 0 aliphatic rings. The van der Waals surface area contributed by atoms with E-state index < -0.39 is 6.61 Å².